The third-order valence-corrected chi connectivity index (χ3v) is 3.84. The van der Waals surface area contributed by atoms with E-state index in [1.165, 1.54) is 0 Å². The highest BCUT2D eigenvalue weighted by Crippen LogP contribution is 2.27. The SMILES string of the molecule is CCCCC(CC(C)C)NC(=O)C=Cc1ccc(OC)c(OC)c1. The molecule has 0 aliphatic carbocycles. The number of carbonyl (C=O) groups is 1. The lowest BCUT2D eigenvalue weighted by Crippen LogP contribution is -2.34. The van der Waals surface area contributed by atoms with Crippen LogP contribution in [0.4, 0.5) is 0 Å². The van der Waals surface area contributed by atoms with Gasteiger partial charge in [-0.05, 0) is 42.5 Å². The van der Waals surface area contributed by atoms with Crippen LogP contribution in [0.3, 0.4) is 0 Å². The first kappa shape index (κ1) is 20.1. The van der Waals surface area contributed by atoms with Gasteiger partial charge in [-0.1, -0.05) is 39.7 Å². The molecule has 0 fully saturated rings. The van der Waals surface area contributed by atoms with Crippen LogP contribution >= 0.6 is 0 Å². The topological polar surface area (TPSA) is 47.6 Å². The molecule has 0 saturated heterocycles. The van der Waals surface area contributed by atoms with E-state index in [0.717, 1.165) is 31.2 Å². The van der Waals surface area contributed by atoms with Gasteiger partial charge in [0, 0.05) is 12.1 Å². The molecule has 0 aliphatic heterocycles. The molecule has 0 heterocycles. The Morgan fingerprint density at radius 1 is 1.21 bits per heavy atom. The lowest BCUT2D eigenvalue weighted by molar-refractivity contribution is -0.117. The van der Waals surface area contributed by atoms with Gasteiger partial charge in [-0.2, -0.15) is 0 Å². The quantitative estimate of drug-likeness (QED) is 0.644. The molecule has 1 N–H and O–H groups in total. The molecule has 0 spiro atoms. The smallest absolute Gasteiger partial charge is 0.244 e. The van der Waals surface area contributed by atoms with Crippen molar-refractivity contribution in [1.29, 1.82) is 0 Å². The highest BCUT2D eigenvalue weighted by Gasteiger charge is 2.12. The van der Waals surface area contributed by atoms with E-state index >= 15 is 0 Å². The zero-order valence-electron chi connectivity index (χ0n) is 15.6. The van der Waals surface area contributed by atoms with E-state index in [1.807, 2.05) is 18.2 Å². The van der Waals surface area contributed by atoms with E-state index in [0.29, 0.717) is 17.4 Å². The van der Waals surface area contributed by atoms with Crippen LogP contribution in [0.2, 0.25) is 0 Å². The summed E-state index contributed by atoms with van der Waals surface area (Å²) < 4.78 is 10.5. The number of amides is 1. The summed E-state index contributed by atoms with van der Waals surface area (Å²) in [5, 5.41) is 3.12. The molecule has 24 heavy (non-hydrogen) atoms. The number of hydrogen-bond acceptors (Lipinski definition) is 3. The number of hydrogen-bond donors (Lipinski definition) is 1. The first-order valence-corrected chi connectivity index (χ1v) is 8.70. The van der Waals surface area contributed by atoms with E-state index in [1.54, 1.807) is 26.4 Å². The molecular formula is C20H31NO3. The zero-order chi connectivity index (χ0) is 17.9. The Labute approximate surface area is 146 Å². The van der Waals surface area contributed by atoms with Crippen LogP contribution in [0.1, 0.15) is 52.0 Å². The predicted octanol–water partition coefficient (Wildman–Crippen LogP) is 4.44. The second kappa shape index (κ2) is 10.7. The average Bonchev–Trinajstić information content (AvgIpc) is 2.57. The Bertz CT molecular complexity index is 538. The second-order valence-electron chi connectivity index (χ2n) is 6.43. The van der Waals surface area contributed by atoms with Crippen molar-refractivity contribution in [2.45, 2.75) is 52.5 Å². The van der Waals surface area contributed by atoms with Crippen LogP contribution in [-0.2, 0) is 4.79 Å². The van der Waals surface area contributed by atoms with Gasteiger partial charge in [0.2, 0.25) is 5.91 Å². The van der Waals surface area contributed by atoms with Crippen LogP contribution in [-0.4, -0.2) is 26.2 Å². The van der Waals surface area contributed by atoms with Gasteiger partial charge in [-0.25, -0.2) is 0 Å². The highest BCUT2D eigenvalue weighted by atomic mass is 16.5. The second-order valence-corrected chi connectivity index (χ2v) is 6.43. The summed E-state index contributed by atoms with van der Waals surface area (Å²) in [6, 6.07) is 5.82. The van der Waals surface area contributed by atoms with Gasteiger partial charge in [0.15, 0.2) is 11.5 Å². The third-order valence-electron chi connectivity index (χ3n) is 3.84. The summed E-state index contributed by atoms with van der Waals surface area (Å²) >= 11 is 0. The van der Waals surface area contributed by atoms with Crippen molar-refractivity contribution in [1.82, 2.24) is 5.32 Å². The van der Waals surface area contributed by atoms with Crippen LogP contribution in [0, 0.1) is 5.92 Å². The number of unbranched alkanes of at least 4 members (excludes halogenated alkanes) is 1. The lowest BCUT2D eigenvalue weighted by atomic mass is 9.99. The monoisotopic (exact) mass is 333 g/mol. The number of ether oxygens (including phenoxy) is 2. The van der Waals surface area contributed by atoms with E-state index in [9.17, 15) is 4.79 Å². The maximum absolute atomic E-state index is 12.2. The van der Waals surface area contributed by atoms with Crippen molar-refractivity contribution >= 4 is 12.0 Å². The molecule has 1 amide bonds. The fourth-order valence-electron chi connectivity index (χ4n) is 2.65. The molecule has 0 aliphatic rings. The Hall–Kier alpha value is -1.97. The number of benzene rings is 1. The average molecular weight is 333 g/mol. The molecule has 1 aromatic rings. The van der Waals surface area contributed by atoms with Crippen molar-refractivity contribution in [2.75, 3.05) is 14.2 Å². The summed E-state index contributed by atoms with van der Waals surface area (Å²) in [5.41, 5.74) is 0.900. The Morgan fingerprint density at radius 3 is 2.50 bits per heavy atom. The van der Waals surface area contributed by atoms with Gasteiger partial charge < -0.3 is 14.8 Å². The van der Waals surface area contributed by atoms with Gasteiger partial charge in [0.25, 0.3) is 0 Å². The Morgan fingerprint density at radius 2 is 1.92 bits per heavy atom. The van der Waals surface area contributed by atoms with Gasteiger partial charge in [-0.3, -0.25) is 4.79 Å². The predicted molar refractivity (Wildman–Crippen MR) is 99.5 cm³/mol. The number of methoxy groups -OCH3 is 2. The molecule has 1 rings (SSSR count). The van der Waals surface area contributed by atoms with Crippen molar-refractivity contribution in [2.24, 2.45) is 5.92 Å². The van der Waals surface area contributed by atoms with Crippen LogP contribution in [0.25, 0.3) is 6.08 Å². The van der Waals surface area contributed by atoms with Crippen LogP contribution in [0.5, 0.6) is 11.5 Å². The van der Waals surface area contributed by atoms with Crippen molar-refractivity contribution in [3.8, 4) is 11.5 Å². The molecule has 1 unspecified atom stereocenters. The lowest BCUT2D eigenvalue weighted by Gasteiger charge is -2.19. The van der Waals surface area contributed by atoms with E-state index in [4.69, 9.17) is 9.47 Å². The minimum Gasteiger partial charge on any atom is -0.493 e. The number of carbonyl (C=O) groups excluding carboxylic acids is 1. The fraction of sp³-hybridized carbons (Fsp3) is 0.550. The molecule has 1 aromatic carbocycles. The van der Waals surface area contributed by atoms with Gasteiger partial charge in [0.05, 0.1) is 14.2 Å². The van der Waals surface area contributed by atoms with E-state index in [2.05, 4.69) is 26.1 Å². The first-order valence-electron chi connectivity index (χ1n) is 8.70. The number of nitrogens with one attached hydrogen (secondary N) is 1. The Kier molecular flexibility index (Phi) is 8.98. The zero-order valence-corrected chi connectivity index (χ0v) is 15.6. The van der Waals surface area contributed by atoms with Gasteiger partial charge >= 0.3 is 0 Å². The van der Waals surface area contributed by atoms with E-state index < -0.39 is 0 Å². The highest BCUT2D eigenvalue weighted by molar-refractivity contribution is 5.92. The molecule has 0 aromatic heterocycles. The molecule has 134 valence electrons. The minimum absolute atomic E-state index is 0.0495. The van der Waals surface area contributed by atoms with E-state index in [-0.39, 0.29) is 11.9 Å². The largest absolute Gasteiger partial charge is 0.493 e. The fourth-order valence-corrected chi connectivity index (χ4v) is 2.65. The van der Waals surface area contributed by atoms with Crippen molar-refractivity contribution in [3.63, 3.8) is 0 Å². The summed E-state index contributed by atoms with van der Waals surface area (Å²) in [6.07, 6.45) is 7.70. The van der Waals surface area contributed by atoms with Crippen molar-refractivity contribution < 1.29 is 14.3 Å². The Balaban J connectivity index is 2.69. The number of rotatable bonds is 10. The normalized spacial score (nSPS) is 12.4. The van der Waals surface area contributed by atoms with Crippen LogP contribution < -0.4 is 14.8 Å². The molecular weight excluding hydrogens is 302 g/mol. The molecule has 0 saturated carbocycles. The summed E-state index contributed by atoms with van der Waals surface area (Å²) in [5.74, 6) is 1.85. The van der Waals surface area contributed by atoms with Gasteiger partial charge in [-0.15, -0.1) is 0 Å². The van der Waals surface area contributed by atoms with Crippen LogP contribution in [0.15, 0.2) is 24.3 Å². The molecule has 0 radical (unpaired) electrons. The maximum atomic E-state index is 12.2. The summed E-state index contributed by atoms with van der Waals surface area (Å²) in [7, 11) is 3.20. The summed E-state index contributed by atoms with van der Waals surface area (Å²) in [4.78, 5) is 12.2. The molecule has 1 atom stereocenters. The third kappa shape index (κ3) is 7.07. The molecule has 0 bridgehead atoms. The summed E-state index contributed by atoms with van der Waals surface area (Å²) in [6.45, 7) is 6.54. The van der Waals surface area contributed by atoms with Gasteiger partial charge in [0.1, 0.15) is 0 Å². The first-order chi connectivity index (χ1) is 11.5. The van der Waals surface area contributed by atoms with Crippen molar-refractivity contribution in [3.05, 3.63) is 29.8 Å². The molecule has 4 heteroatoms. The molecule has 4 nitrogen and oxygen atoms in total. The minimum atomic E-state index is -0.0495. The standard InChI is InChI=1S/C20H31NO3/c1-6-7-8-17(13-15(2)3)21-20(22)12-10-16-9-11-18(23-4)19(14-16)24-5/h9-12,14-15,17H,6-8,13H2,1-5H3,(H,21,22). The maximum Gasteiger partial charge on any atom is 0.244 e.